The summed E-state index contributed by atoms with van der Waals surface area (Å²) in [6.07, 6.45) is 6.16. The molecular formula is C24H23N5. The van der Waals surface area contributed by atoms with E-state index in [1.54, 1.807) is 12.4 Å². The van der Waals surface area contributed by atoms with E-state index in [2.05, 4.69) is 51.5 Å². The van der Waals surface area contributed by atoms with E-state index in [9.17, 15) is 0 Å². The third-order valence-corrected chi connectivity index (χ3v) is 4.70. The molecule has 29 heavy (non-hydrogen) atoms. The van der Waals surface area contributed by atoms with Crippen LogP contribution in [0.25, 0.3) is 11.4 Å². The highest BCUT2D eigenvalue weighted by Crippen LogP contribution is 2.24. The summed E-state index contributed by atoms with van der Waals surface area (Å²) < 4.78 is 0. The quantitative estimate of drug-likeness (QED) is 0.512. The van der Waals surface area contributed by atoms with E-state index in [0.29, 0.717) is 5.82 Å². The topological polar surface area (TPSA) is 63.6 Å². The number of hydrogen-bond donors (Lipinski definition) is 1. The molecule has 5 heteroatoms. The van der Waals surface area contributed by atoms with Gasteiger partial charge in [0.25, 0.3) is 0 Å². The van der Waals surface area contributed by atoms with Gasteiger partial charge in [-0.05, 0) is 50.1 Å². The molecule has 1 unspecified atom stereocenters. The summed E-state index contributed by atoms with van der Waals surface area (Å²) in [6, 6.07) is 20.4. The third kappa shape index (κ3) is 4.82. The van der Waals surface area contributed by atoms with Gasteiger partial charge in [-0.25, -0.2) is 9.97 Å². The van der Waals surface area contributed by atoms with Crippen LogP contribution < -0.4 is 5.32 Å². The van der Waals surface area contributed by atoms with Crippen LogP contribution in [0.3, 0.4) is 0 Å². The molecule has 3 aromatic heterocycles. The summed E-state index contributed by atoms with van der Waals surface area (Å²) in [5.74, 6) is 1.44. The van der Waals surface area contributed by atoms with Crippen LogP contribution in [-0.4, -0.2) is 19.9 Å². The lowest BCUT2D eigenvalue weighted by atomic mass is 10.0. The lowest BCUT2D eigenvalue weighted by molar-refractivity contribution is 0.740. The number of rotatable bonds is 6. The van der Waals surface area contributed by atoms with E-state index in [4.69, 9.17) is 4.98 Å². The summed E-state index contributed by atoms with van der Waals surface area (Å²) in [5, 5.41) is 3.58. The highest BCUT2D eigenvalue weighted by Gasteiger charge is 2.15. The zero-order chi connectivity index (χ0) is 20.1. The number of pyridine rings is 2. The molecule has 0 aliphatic carbocycles. The van der Waals surface area contributed by atoms with Crippen LogP contribution in [-0.2, 0) is 6.42 Å². The minimum atomic E-state index is -0.00467. The Morgan fingerprint density at radius 1 is 0.897 bits per heavy atom. The lowest BCUT2D eigenvalue weighted by Crippen LogP contribution is -2.16. The average Bonchev–Trinajstić information content (AvgIpc) is 2.76. The molecule has 144 valence electrons. The molecule has 0 amide bonds. The Morgan fingerprint density at radius 3 is 2.48 bits per heavy atom. The van der Waals surface area contributed by atoms with E-state index in [1.165, 1.54) is 11.1 Å². The molecule has 1 N–H and O–H groups in total. The molecule has 5 nitrogen and oxygen atoms in total. The number of nitrogens with zero attached hydrogens (tertiary/aromatic N) is 4. The molecule has 0 bridgehead atoms. The van der Waals surface area contributed by atoms with Gasteiger partial charge >= 0.3 is 0 Å². The van der Waals surface area contributed by atoms with Crippen molar-refractivity contribution >= 4 is 5.82 Å². The summed E-state index contributed by atoms with van der Waals surface area (Å²) in [4.78, 5) is 18.1. The molecule has 0 saturated carbocycles. The van der Waals surface area contributed by atoms with Gasteiger partial charge < -0.3 is 5.32 Å². The number of anilines is 1. The zero-order valence-electron chi connectivity index (χ0n) is 16.6. The third-order valence-electron chi connectivity index (χ3n) is 4.70. The van der Waals surface area contributed by atoms with E-state index < -0.39 is 0 Å². The van der Waals surface area contributed by atoms with Gasteiger partial charge in [0.15, 0.2) is 5.82 Å². The maximum atomic E-state index is 4.73. The minimum absolute atomic E-state index is 0.00467. The first-order valence-corrected chi connectivity index (χ1v) is 9.66. The molecule has 1 aromatic carbocycles. The lowest BCUT2D eigenvalue weighted by Gasteiger charge is -2.20. The van der Waals surface area contributed by atoms with Gasteiger partial charge in [-0.15, -0.1) is 0 Å². The van der Waals surface area contributed by atoms with E-state index in [0.717, 1.165) is 29.2 Å². The molecule has 0 aliphatic rings. The van der Waals surface area contributed by atoms with Crippen molar-refractivity contribution in [3.05, 3.63) is 102 Å². The highest BCUT2D eigenvalue weighted by atomic mass is 15.1. The summed E-state index contributed by atoms with van der Waals surface area (Å²) in [5.41, 5.74) is 5.27. The van der Waals surface area contributed by atoms with Gasteiger partial charge in [0.1, 0.15) is 5.82 Å². The van der Waals surface area contributed by atoms with Crippen molar-refractivity contribution in [1.29, 1.82) is 0 Å². The second kappa shape index (κ2) is 8.61. The van der Waals surface area contributed by atoms with E-state index >= 15 is 0 Å². The molecule has 1 atom stereocenters. The van der Waals surface area contributed by atoms with Crippen molar-refractivity contribution in [3.63, 3.8) is 0 Å². The first-order valence-electron chi connectivity index (χ1n) is 9.66. The first kappa shape index (κ1) is 18.7. The van der Waals surface area contributed by atoms with Crippen LogP contribution in [0, 0.1) is 13.8 Å². The highest BCUT2D eigenvalue weighted by molar-refractivity contribution is 5.56. The standard InChI is InChI=1S/C24H23N5/c1-17-8-10-19(11-9-17)15-22(21-7-3-4-13-26-21)28-23-14-18(2)27-24(29-23)20-6-5-12-25-16-20/h3-14,16,22H,15H2,1-2H3,(H,27,28,29). The number of nitrogens with one attached hydrogen (secondary N) is 1. The number of benzene rings is 1. The summed E-state index contributed by atoms with van der Waals surface area (Å²) >= 11 is 0. The normalized spacial score (nSPS) is 11.8. The van der Waals surface area contributed by atoms with Gasteiger partial charge in [-0.3, -0.25) is 9.97 Å². The Bertz CT molecular complexity index is 1060. The van der Waals surface area contributed by atoms with Crippen LogP contribution in [0.4, 0.5) is 5.82 Å². The first-order chi connectivity index (χ1) is 14.2. The number of aryl methyl sites for hydroxylation is 2. The van der Waals surface area contributed by atoms with Gasteiger partial charge in [0.05, 0.1) is 11.7 Å². The molecule has 4 aromatic rings. The molecule has 0 aliphatic heterocycles. The Labute approximate surface area is 170 Å². The fraction of sp³-hybridized carbons (Fsp3) is 0.167. The van der Waals surface area contributed by atoms with Crippen molar-refractivity contribution < 1.29 is 0 Å². The van der Waals surface area contributed by atoms with Crippen molar-refractivity contribution in [3.8, 4) is 11.4 Å². The van der Waals surface area contributed by atoms with Crippen LogP contribution in [0.2, 0.25) is 0 Å². The fourth-order valence-electron chi connectivity index (χ4n) is 3.22. The second-order valence-corrected chi connectivity index (χ2v) is 7.10. The SMILES string of the molecule is Cc1ccc(CC(Nc2cc(C)nc(-c3cccnc3)n2)c2ccccn2)cc1. The van der Waals surface area contributed by atoms with Crippen LogP contribution in [0.1, 0.15) is 28.6 Å². The molecule has 0 radical (unpaired) electrons. The largest absolute Gasteiger partial charge is 0.361 e. The van der Waals surface area contributed by atoms with E-state index in [1.807, 2.05) is 49.5 Å². The van der Waals surface area contributed by atoms with Crippen LogP contribution in [0.15, 0.2) is 79.3 Å². The predicted molar refractivity (Wildman–Crippen MR) is 115 cm³/mol. The van der Waals surface area contributed by atoms with Gasteiger partial charge in [-0.2, -0.15) is 0 Å². The van der Waals surface area contributed by atoms with Gasteiger partial charge in [0, 0.05) is 35.9 Å². The second-order valence-electron chi connectivity index (χ2n) is 7.10. The van der Waals surface area contributed by atoms with Gasteiger partial charge in [0.2, 0.25) is 0 Å². The Hall–Kier alpha value is -3.60. The summed E-state index contributed by atoms with van der Waals surface area (Å²) in [6.45, 7) is 4.07. The molecule has 3 heterocycles. The van der Waals surface area contributed by atoms with Crippen molar-refractivity contribution in [2.45, 2.75) is 26.3 Å². The van der Waals surface area contributed by atoms with E-state index in [-0.39, 0.29) is 6.04 Å². The van der Waals surface area contributed by atoms with Crippen LogP contribution >= 0.6 is 0 Å². The average molecular weight is 381 g/mol. The van der Waals surface area contributed by atoms with Crippen molar-refractivity contribution in [2.24, 2.45) is 0 Å². The van der Waals surface area contributed by atoms with Crippen molar-refractivity contribution in [2.75, 3.05) is 5.32 Å². The fourth-order valence-corrected chi connectivity index (χ4v) is 3.22. The number of hydrogen-bond acceptors (Lipinski definition) is 5. The Kier molecular flexibility index (Phi) is 5.56. The number of aromatic nitrogens is 4. The predicted octanol–water partition coefficient (Wildman–Crippen LogP) is 4.95. The minimum Gasteiger partial charge on any atom is -0.361 e. The Balaban J connectivity index is 1.65. The van der Waals surface area contributed by atoms with Crippen LogP contribution in [0.5, 0.6) is 0 Å². The maximum Gasteiger partial charge on any atom is 0.163 e. The Morgan fingerprint density at radius 2 is 1.76 bits per heavy atom. The smallest absolute Gasteiger partial charge is 0.163 e. The molecule has 4 rings (SSSR count). The zero-order valence-corrected chi connectivity index (χ0v) is 16.6. The maximum absolute atomic E-state index is 4.73. The molecule has 0 saturated heterocycles. The molecule has 0 spiro atoms. The van der Waals surface area contributed by atoms with Gasteiger partial charge in [-0.1, -0.05) is 35.9 Å². The summed E-state index contributed by atoms with van der Waals surface area (Å²) in [7, 11) is 0. The van der Waals surface area contributed by atoms with Crippen molar-refractivity contribution in [1.82, 2.24) is 19.9 Å². The molecule has 0 fully saturated rings. The molecular weight excluding hydrogens is 358 g/mol. The monoisotopic (exact) mass is 381 g/mol.